The Morgan fingerprint density at radius 3 is 2.10 bits per heavy atom. The van der Waals surface area contributed by atoms with Crippen LogP contribution in [0.2, 0.25) is 0 Å². The summed E-state index contributed by atoms with van der Waals surface area (Å²) in [6.45, 7) is 11.3. The van der Waals surface area contributed by atoms with Crippen molar-refractivity contribution in [2.75, 3.05) is 20.8 Å². The number of benzene rings is 1. The standard InChI is InChI=1S/C24H33NO4/c1-16(2)13-14-25-19(24(3,4)5)15-18(17-11-9-8-10-12-17)20(22(26)28-6)21(25)23(27)29-7/h8-12,15-16,19H,13-14H2,1-7H3/t19-/m0/s1. The summed E-state index contributed by atoms with van der Waals surface area (Å²) in [5.74, 6) is -0.608. The van der Waals surface area contributed by atoms with E-state index in [1.54, 1.807) is 0 Å². The van der Waals surface area contributed by atoms with Gasteiger partial charge in [0.05, 0.1) is 25.8 Å². The normalized spacial score (nSPS) is 17.3. The monoisotopic (exact) mass is 399 g/mol. The van der Waals surface area contributed by atoms with Gasteiger partial charge in [-0.3, -0.25) is 0 Å². The fourth-order valence-electron chi connectivity index (χ4n) is 3.59. The van der Waals surface area contributed by atoms with E-state index in [9.17, 15) is 9.59 Å². The van der Waals surface area contributed by atoms with Crippen molar-refractivity contribution in [3.8, 4) is 0 Å². The summed E-state index contributed by atoms with van der Waals surface area (Å²) in [6.07, 6.45) is 2.98. The number of carbonyl (C=O) groups is 2. The fraction of sp³-hybridized carbons (Fsp3) is 0.500. The van der Waals surface area contributed by atoms with Gasteiger partial charge in [0.25, 0.3) is 0 Å². The minimum atomic E-state index is -0.539. The summed E-state index contributed by atoms with van der Waals surface area (Å²) < 4.78 is 10.2. The van der Waals surface area contributed by atoms with E-state index < -0.39 is 11.9 Å². The topological polar surface area (TPSA) is 55.8 Å². The van der Waals surface area contributed by atoms with E-state index in [2.05, 4.69) is 40.7 Å². The van der Waals surface area contributed by atoms with E-state index in [4.69, 9.17) is 9.47 Å². The van der Waals surface area contributed by atoms with Crippen molar-refractivity contribution >= 4 is 17.5 Å². The summed E-state index contributed by atoms with van der Waals surface area (Å²) in [6, 6.07) is 9.55. The molecule has 1 aliphatic heterocycles. The number of nitrogens with zero attached hydrogens (tertiary/aromatic N) is 1. The SMILES string of the molecule is COC(=O)C1=C(C(=O)OC)N(CCC(C)C)[C@H](C(C)(C)C)C=C1c1ccccc1. The average Bonchev–Trinajstić information content (AvgIpc) is 2.69. The Labute approximate surface area is 174 Å². The predicted molar refractivity (Wildman–Crippen MR) is 115 cm³/mol. The largest absolute Gasteiger partial charge is 0.465 e. The molecule has 0 spiro atoms. The third-order valence-corrected chi connectivity index (χ3v) is 5.14. The zero-order valence-electron chi connectivity index (χ0n) is 18.6. The second-order valence-electron chi connectivity index (χ2n) is 8.84. The molecule has 0 bridgehead atoms. The van der Waals surface area contributed by atoms with Gasteiger partial charge in [-0.2, -0.15) is 0 Å². The van der Waals surface area contributed by atoms with Crippen LogP contribution in [-0.2, 0) is 19.1 Å². The molecule has 1 aromatic rings. The van der Waals surface area contributed by atoms with Crippen molar-refractivity contribution in [1.29, 1.82) is 0 Å². The highest BCUT2D eigenvalue weighted by Gasteiger charge is 2.41. The minimum Gasteiger partial charge on any atom is -0.465 e. The summed E-state index contributed by atoms with van der Waals surface area (Å²) >= 11 is 0. The van der Waals surface area contributed by atoms with Crippen molar-refractivity contribution in [3.63, 3.8) is 0 Å². The Bertz CT molecular complexity index is 800. The highest BCUT2D eigenvalue weighted by atomic mass is 16.5. The van der Waals surface area contributed by atoms with Crippen molar-refractivity contribution in [2.24, 2.45) is 11.3 Å². The lowest BCUT2D eigenvalue weighted by molar-refractivity contribution is -0.141. The predicted octanol–water partition coefficient (Wildman–Crippen LogP) is 4.45. The molecule has 1 aromatic carbocycles. The van der Waals surface area contributed by atoms with Crippen LogP contribution in [0, 0.1) is 11.3 Å². The van der Waals surface area contributed by atoms with Crippen LogP contribution in [-0.4, -0.2) is 43.6 Å². The van der Waals surface area contributed by atoms with Gasteiger partial charge in [-0.1, -0.05) is 71.0 Å². The highest BCUT2D eigenvalue weighted by molar-refractivity contribution is 6.13. The maximum Gasteiger partial charge on any atom is 0.355 e. The van der Waals surface area contributed by atoms with Gasteiger partial charge >= 0.3 is 11.9 Å². The number of carbonyl (C=O) groups excluding carboxylic acids is 2. The molecule has 5 heteroatoms. The Morgan fingerprint density at radius 1 is 1.03 bits per heavy atom. The number of rotatable bonds is 6. The molecule has 0 aromatic heterocycles. The molecule has 29 heavy (non-hydrogen) atoms. The van der Waals surface area contributed by atoms with Crippen LogP contribution in [0.3, 0.4) is 0 Å². The van der Waals surface area contributed by atoms with E-state index in [1.807, 2.05) is 35.2 Å². The van der Waals surface area contributed by atoms with Crippen molar-refractivity contribution < 1.29 is 19.1 Å². The summed E-state index contributed by atoms with van der Waals surface area (Å²) in [5.41, 5.74) is 1.94. The van der Waals surface area contributed by atoms with Crippen molar-refractivity contribution in [3.05, 3.63) is 53.2 Å². The molecule has 0 saturated heterocycles. The molecule has 0 radical (unpaired) electrons. The first-order valence-electron chi connectivity index (χ1n) is 10.1. The Morgan fingerprint density at radius 2 is 1.62 bits per heavy atom. The molecule has 1 atom stereocenters. The second-order valence-corrected chi connectivity index (χ2v) is 8.84. The third kappa shape index (κ3) is 5.08. The van der Waals surface area contributed by atoms with E-state index >= 15 is 0 Å². The van der Waals surface area contributed by atoms with Crippen LogP contribution < -0.4 is 0 Å². The molecule has 0 saturated carbocycles. The van der Waals surface area contributed by atoms with E-state index in [1.165, 1.54) is 14.2 Å². The molecule has 0 unspecified atom stereocenters. The first kappa shape index (κ1) is 22.7. The molecule has 2 rings (SSSR count). The van der Waals surface area contributed by atoms with Gasteiger partial charge in [0.2, 0.25) is 0 Å². The van der Waals surface area contributed by atoms with Crippen LogP contribution in [0.5, 0.6) is 0 Å². The lowest BCUT2D eigenvalue weighted by Gasteiger charge is -2.44. The smallest absolute Gasteiger partial charge is 0.355 e. The van der Waals surface area contributed by atoms with Gasteiger partial charge in [-0.05, 0) is 28.9 Å². The number of hydrogen-bond donors (Lipinski definition) is 0. The Hall–Kier alpha value is -2.56. The quantitative estimate of drug-likeness (QED) is 0.662. The van der Waals surface area contributed by atoms with Gasteiger partial charge < -0.3 is 14.4 Å². The maximum absolute atomic E-state index is 12.9. The van der Waals surface area contributed by atoms with Gasteiger partial charge in [-0.15, -0.1) is 0 Å². The van der Waals surface area contributed by atoms with E-state index in [-0.39, 0.29) is 22.7 Å². The number of ether oxygens (including phenoxy) is 2. The first-order valence-corrected chi connectivity index (χ1v) is 10.1. The molecule has 0 aliphatic carbocycles. The van der Waals surface area contributed by atoms with Crippen LogP contribution in [0.15, 0.2) is 47.7 Å². The Kier molecular flexibility index (Phi) is 7.28. The zero-order chi connectivity index (χ0) is 21.8. The summed E-state index contributed by atoms with van der Waals surface area (Å²) in [4.78, 5) is 27.8. The van der Waals surface area contributed by atoms with Gasteiger partial charge in [0.1, 0.15) is 5.70 Å². The van der Waals surface area contributed by atoms with Gasteiger partial charge in [-0.25, -0.2) is 9.59 Å². The third-order valence-electron chi connectivity index (χ3n) is 5.14. The van der Waals surface area contributed by atoms with Crippen LogP contribution >= 0.6 is 0 Å². The molecule has 1 heterocycles. The molecule has 0 fully saturated rings. The van der Waals surface area contributed by atoms with Crippen LogP contribution in [0.4, 0.5) is 0 Å². The zero-order valence-corrected chi connectivity index (χ0v) is 18.6. The van der Waals surface area contributed by atoms with E-state index in [0.29, 0.717) is 18.0 Å². The summed E-state index contributed by atoms with van der Waals surface area (Å²) in [5, 5.41) is 0. The molecule has 0 amide bonds. The highest BCUT2D eigenvalue weighted by Crippen LogP contribution is 2.40. The molecular formula is C24H33NO4. The van der Waals surface area contributed by atoms with E-state index in [0.717, 1.165) is 12.0 Å². The van der Waals surface area contributed by atoms with Crippen molar-refractivity contribution in [1.82, 2.24) is 4.90 Å². The fourth-order valence-corrected chi connectivity index (χ4v) is 3.59. The maximum atomic E-state index is 12.9. The van der Waals surface area contributed by atoms with Crippen molar-refractivity contribution in [2.45, 2.75) is 47.1 Å². The molecule has 5 nitrogen and oxygen atoms in total. The van der Waals surface area contributed by atoms with Crippen LogP contribution in [0.1, 0.15) is 46.6 Å². The second kappa shape index (κ2) is 9.29. The molecule has 1 aliphatic rings. The lowest BCUT2D eigenvalue weighted by atomic mass is 9.79. The minimum absolute atomic E-state index is 0.0843. The van der Waals surface area contributed by atoms with Gasteiger partial charge in [0, 0.05) is 6.54 Å². The van der Waals surface area contributed by atoms with Crippen LogP contribution in [0.25, 0.3) is 5.57 Å². The number of esters is 2. The summed E-state index contributed by atoms with van der Waals surface area (Å²) in [7, 11) is 2.68. The average molecular weight is 400 g/mol. The Balaban J connectivity index is 2.79. The van der Waals surface area contributed by atoms with Gasteiger partial charge in [0.15, 0.2) is 0 Å². The molecule has 158 valence electrons. The number of hydrogen-bond acceptors (Lipinski definition) is 5. The lowest BCUT2D eigenvalue weighted by Crippen LogP contribution is -2.48. The number of methoxy groups -OCH3 is 2. The molecular weight excluding hydrogens is 366 g/mol. The first-order chi connectivity index (χ1) is 13.6. The molecule has 0 N–H and O–H groups in total.